The third-order valence-electron chi connectivity index (χ3n) is 8.98. The average Bonchev–Trinajstić information content (AvgIpc) is 3.56. The van der Waals surface area contributed by atoms with Crippen LogP contribution in [0.3, 0.4) is 0 Å². The number of para-hydroxylation sites is 1. The van der Waals surface area contributed by atoms with E-state index in [0.717, 1.165) is 28.5 Å². The second-order valence-electron chi connectivity index (χ2n) is 13.0. The van der Waals surface area contributed by atoms with Crippen LogP contribution in [0.5, 0.6) is 17.2 Å². The zero-order chi connectivity index (χ0) is 33.6. The molecule has 0 aliphatic heterocycles. The quantitative estimate of drug-likeness (QED) is 0.105. The lowest BCUT2D eigenvalue weighted by Crippen LogP contribution is -2.18. The fourth-order valence-corrected chi connectivity index (χ4v) is 6.70. The van der Waals surface area contributed by atoms with E-state index < -0.39 is 0 Å². The van der Waals surface area contributed by atoms with Gasteiger partial charge in [-0.25, -0.2) is 0 Å². The number of nitrogens with zero attached hydrogens (tertiary/aromatic N) is 3. The minimum Gasteiger partial charge on any atom is -0.507 e. The molecule has 0 heterocycles. The highest BCUT2D eigenvalue weighted by molar-refractivity contribution is 5.84. The maximum Gasteiger partial charge on any atom is 0.127 e. The Labute approximate surface area is 273 Å². The van der Waals surface area contributed by atoms with Gasteiger partial charge in [-0.15, -0.1) is 0 Å². The monoisotopic (exact) mass is 629 g/mol. The van der Waals surface area contributed by atoms with Gasteiger partial charge in [0.1, 0.15) is 17.2 Å². The summed E-state index contributed by atoms with van der Waals surface area (Å²) in [6.45, 7) is 8.76. The first-order chi connectivity index (χ1) is 22.1. The predicted octanol–water partition coefficient (Wildman–Crippen LogP) is 9.16. The SMILES string of the molecule is CC(C)c1ccc(O)c(/C=N/O)c1.CN=Cc1cccc(C2CC(C)CC(C)C2)c1O.O/N=C/c1ccc(C2CCCC2)cc1O. The number of oxime groups is 2. The Morgan fingerprint density at radius 3 is 1.93 bits per heavy atom. The Bertz CT molecular complexity index is 1470. The molecule has 3 aromatic rings. The van der Waals surface area contributed by atoms with E-state index in [1.54, 1.807) is 37.5 Å². The molecule has 0 aromatic heterocycles. The van der Waals surface area contributed by atoms with Gasteiger partial charge < -0.3 is 25.7 Å². The summed E-state index contributed by atoms with van der Waals surface area (Å²) in [6, 6.07) is 16.9. The van der Waals surface area contributed by atoms with Gasteiger partial charge in [-0.05, 0) is 109 Å². The van der Waals surface area contributed by atoms with Crippen LogP contribution in [-0.4, -0.2) is 51.4 Å². The summed E-state index contributed by atoms with van der Waals surface area (Å²) in [7, 11) is 1.73. The minimum absolute atomic E-state index is 0.127. The van der Waals surface area contributed by atoms with E-state index in [1.165, 1.54) is 62.9 Å². The van der Waals surface area contributed by atoms with Crippen molar-refractivity contribution in [3.8, 4) is 17.2 Å². The maximum absolute atomic E-state index is 10.4. The summed E-state index contributed by atoms with van der Waals surface area (Å²) < 4.78 is 0. The topological polar surface area (TPSA) is 138 Å². The fraction of sp³-hybridized carbons (Fsp3) is 0.447. The number of phenols is 3. The molecule has 0 saturated heterocycles. The lowest BCUT2D eigenvalue weighted by molar-refractivity contribution is 0.265. The number of aliphatic imine (C=N–C) groups is 1. The standard InChI is InChI=1S/C16H23NO.C12H15NO2.C10H13NO2/c1-11-7-12(2)9-14(8-11)15-6-4-5-13(10-17-3)16(15)18;14-12-7-10(9-3-1-2-4-9)5-6-11(12)8-13-15;1-7(2)8-3-4-10(12)9(5-8)6-11-13/h4-6,10-12,14,18H,7-9H2,1-3H3;5-9,14-15H,1-4H2;3-7,12-13H,1-2H3/b;13-8+;11-6+. The van der Waals surface area contributed by atoms with Crippen LogP contribution < -0.4 is 0 Å². The normalized spacial score (nSPS) is 20.2. The van der Waals surface area contributed by atoms with E-state index in [1.807, 2.05) is 24.3 Å². The van der Waals surface area contributed by atoms with Gasteiger partial charge in [-0.1, -0.05) is 75.1 Å². The van der Waals surface area contributed by atoms with Gasteiger partial charge in [-0.3, -0.25) is 4.99 Å². The molecule has 3 aromatic carbocycles. The van der Waals surface area contributed by atoms with Crippen LogP contribution in [0, 0.1) is 11.8 Å². The molecule has 8 heteroatoms. The molecule has 2 aliphatic rings. The molecule has 0 bridgehead atoms. The number of aromatic hydroxyl groups is 3. The van der Waals surface area contributed by atoms with Gasteiger partial charge in [-0.2, -0.15) is 0 Å². The molecular weight excluding hydrogens is 578 g/mol. The second kappa shape index (κ2) is 18.0. The van der Waals surface area contributed by atoms with Crippen LogP contribution in [0.1, 0.15) is 124 Å². The summed E-state index contributed by atoms with van der Waals surface area (Å²) in [5, 5.41) is 51.9. The highest BCUT2D eigenvalue weighted by atomic mass is 16.4. The van der Waals surface area contributed by atoms with Crippen molar-refractivity contribution in [2.75, 3.05) is 7.05 Å². The van der Waals surface area contributed by atoms with Crippen molar-refractivity contribution >= 4 is 18.6 Å². The van der Waals surface area contributed by atoms with Gasteiger partial charge in [0.2, 0.25) is 0 Å². The molecule has 0 radical (unpaired) electrons. The van der Waals surface area contributed by atoms with Crippen LogP contribution in [0.15, 0.2) is 69.9 Å². The molecule has 0 spiro atoms. The zero-order valence-corrected chi connectivity index (χ0v) is 27.8. The van der Waals surface area contributed by atoms with Crippen molar-refractivity contribution in [2.24, 2.45) is 27.1 Å². The summed E-state index contributed by atoms with van der Waals surface area (Å²) in [6.07, 6.45) is 12.9. The van der Waals surface area contributed by atoms with Crippen LogP contribution >= 0.6 is 0 Å². The number of hydrogen-bond acceptors (Lipinski definition) is 8. The summed E-state index contributed by atoms with van der Waals surface area (Å²) in [4.78, 5) is 4.00. The van der Waals surface area contributed by atoms with Gasteiger partial charge in [0.25, 0.3) is 0 Å². The molecule has 2 atom stereocenters. The largest absolute Gasteiger partial charge is 0.507 e. The first kappa shape index (κ1) is 36.1. The molecular formula is C38H51N3O5. The third kappa shape index (κ3) is 10.4. The highest BCUT2D eigenvalue weighted by Gasteiger charge is 2.27. The molecule has 248 valence electrons. The molecule has 2 saturated carbocycles. The van der Waals surface area contributed by atoms with Crippen LogP contribution in [0.25, 0.3) is 0 Å². The van der Waals surface area contributed by atoms with Gasteiger partial charge in [0.15, 0.2) is 0 Å². The van der Waals surface area contributed by atoms with E-state index in [4.69, 9.17) is 10.4 Å². The summed E-state index contributed by atoms with van der Waals surface area (Å²) >= 11 is 0. The van der Waals surface area contributed by atoms with Gasteiger partial charge in [0, 0.05) is 30.0 Å². The Kier molecular flexibility index (Phi) is 14.1. The van der Waals surface area contributed by atoms with Crippen molar-refractivity contribution in [1.29, 1.82) is 0 Å². The van der Waals surface area contributed by atoms with E-state index in [9.17, 15) is 15.3 Å². The van der Waals surface area contributed by atoms with Crippen LogP contribution in [0.2, 0.25) is 0 Å². The van der Waals surface area contributed by atoms with Crippen LogP contribution in [0.4, 0.5) is 0 Å². The van der Waals surface area contributed by atoms with Crippen molar-refractivity contribution in [3.63, 3.8) is 0 Å². The van der Waals surface area contributed by atoms with Gasteiger partial charge >= 0.3 is 0 Å². The summed E-state index contributed by atoms with van der Waals surface area (Å²) in [5.41, 5.74) is 5.33. The van der Waals surface area contributed by atoms with Crippen molar-refractivity contribution < 1.29 is 25.7 Å². The van der Waals surface area contributed by atoms with E-state index in [0.29, 0.717) is 34.6 Å². The van der Waals surface area contributed by atoms with Gasteiger partial charge in [0.05, 0.1) is 12.4 Å². The smallest absolute Gasteiger partial charge is 0.127 e. The minimum atomic E-state index is 0.127. The second-order valence-corrected chi connectivity index (χ2v) is 13.0. The Balaban J connectivity index is 0.000000191. The molecule has 0 amide bonds. The number of phenolic OH excluding ortho intramolecular Hbond substituents is 3. The molecule has 2 aliphatic carbocycles. The number of rotatable bonds is 6. The lowest BCUT2D eigenvalue weighted by Gasteiger charge is -2.32. The van der Waals surface area contributed by atoms with Crippen LogP contribution in [-0.2, 0) is 0 Å². The maximum atomic E-state index is 10.4. The van der Waals surface area contributed by atoms with E-state index >= 15 is 0 Å². The predicted molar refractivity (Wildman–Crippen MR) is 187 cm³/mol. The van der Waals surface area contributed by atoms with E-state index in [2.05, 4.69) is 49.1 Å². The molecule has 2 unspecified atom stereocenters. The first-order valence-electron chi connectivity index (χ1n) is 16.3. The fourth-order valence-electron chi connectivity index (χ4n) is 6.70. The van der Waals surface area contributed by atoms with Crippen molar-refractivity contribution in [1.82, 2.24) is 0 Å². The van der Waals surface area contributed by atoms with Crippen molar-refractivity contribution in [3.05, 3.63) is 88.0 Å². The Hall–Kier alpha value is -4.33. The number of hydrogen-bond donors (Lipinski definition) is 5. The van der Waals surface area contributed by atoms with E-state index in [-0.39, 0.29) is 11.5 Å². The molecule has 5 rings (SSSR count). The first-order valence-corrected chi connectivity index (χ1v) is 16.3. The lowest BCUT2D eigenvalue weighted by atomic mass is 9.73. The Morgan fingerprint density at radius 1 is 0.696 bits per heavy atom. The summed E-state index contributed by atoms with van der Waals surface area (Å²) in [5.74, 6) is 3.73. The molecule has 5 N–H and O–H groups in total. The number of benzene rings is 3. The molecule has 46 heavy (non-hydrogen) atoms. The average molecular weight is 630 g/mol. The Morgan fingerprint density at radius 2 is 1.35 bits per heavy atom. The third-order valence-corrected chi connectivity index (χ3v) is 8.98. The molecule has 2 fully saturated rings. The zero-order valence-electron chi connectivity index (χ0n) is 27.8. The van der Waals surface area contributed by atoms with Crippen molar-refractivity contribution in [2.45, 2.75) is 90.4 Å². The highest BCUT2D eigenvalue weighted by Crippen LogP contribution is 2.42. The molecule has 8 nitrogen and oxygen atoms in total.